The largest absolute Gasteiger partial charge is 0.355 e. The minimum atomic E-state index is -4.20. The van der Waals surface area contributed by atoms with Crippen LogP contribution in [0, 0.1) is 19.7 Å². The van der Waals surface area contributed by atoms with E-state index in [0.717, 1.165) is 15.4 Å². The van der Waals surface area contributed by atoms with E-state index in [1.807, 2.05) is 43.3 Å². The number of anilines is 1. The number of hydrogen-bond donors (Lipinski definition) is 1. The molecule has 0 unspecified atom stereocenters. The van der Waals surface area contributed by atoms with Crippen LogP contribution in [-0.4, -0.2) is 44.3 Å². The molecular formula is C34H36FN3O4S. The van der Waals surface area contributed by atoms with Crippen molar-refractivity contribution >= 4 is 27.5 Å². The maximum absolute atomic E-state index is 14.9. The summed E-state index contributed by atoms with van der Waals surface area (Å²) in [5, 5.41) is 2.80. The van der Waals surface area contributed by atoms with Crippen molar-refractivity contribution in [1.29, 1.82) is 0 Å². The molecule has 0 fully saturated rings. The van der Waals surface area contributed by atoms with Gasteiger partial charge in [-0.3, -0.25) is 13.9 Å². The van der Waals surface area contributed by atoms with Gasteiger partial charge in [0.1, 0.15) is 18.4 Å². The number of carbonyl (C=O) groups is 2. The summed E-state index contributed by atoms with van der Waals surface area (Å²) < 4.78 is 44.1. The fraction of sp³-hybridized carbons (Fsp3) is 0.235. The zero-order valence-corrected chi connectivity index (χ0v) is 25.4. The zero-order chi connectivity index (χ0) is 31.0. The molecule has 2 amide bonds. The van der Waals surface area contributed by atoms with Gasteiger partial charge in [-0.15, -0.1) is 0 Å². The first-order chi connectivity index (χ1) is 20.6. The number of sulfonamides is 1. The van der Waals surface area contributed by atoms with E-state index in [1.165, 1.54) is 23.1 Å². The summed E-state index contributed by atoms with van der Waals surface area (Å²) >= 11 is 0. The highest BCUT2D eigenvalue weighted by Crippen LogP contribution is 2.28. The van der Waals surface area contributed by atoms with Crippen molar-refractivity contribution in [2.75, 3.05) is 17.4 Å². The van der Waals surface area contributed by atoms with Gasteiger partial charge in [0.2, 0.25) is 11.8 Å². The van der Waals surface area contributed by atoms with Crippen LogP contribution in [0.5, 0.6) is 0 Å². The van der Waals surface area contributed by atoms with Crippen LogP contribution in [0.15, 0.2) is 108 Å². The van der Waals surface area contributed by atoms with E-state index in [-0.39, 0.29) is 23.4 Å². The lowest BCUT2D eigenvalue weighted by Crippen LogP contribution is -2.53. The molecule has 4 rings (SSSR count). The highest BCUT2D eigenvalue weighted by Gasteiger charge is 2.35. The fourth-order valence-electron chi connectivity index (χ4n) is 4.97. The average molecular weight is 602 g/mol. The second-order valence-electron chi connectivity index (χ2n) is 10.3. The highest BCUT2D eigenvalue weighted by molar-refractivity contribution is 7.92. The maximum atomic E-state index is 14.9. The van der Waals surface area contributed by atoms with Gasteiger partial charge < -0.3 is 10.2 Å². The minimum Gasteiger partial charge on any atom is -0.355 e. The number of carbonyl (C=O) groups excluding carboxylic acids is 2. The predicted octanol–water partition coefficient (Wildman–Crippen LogP) is 5.41. The monoisotopic (exact) mass is 601 g/mol. The Morgan fingerprint density at radius 1 is 0.860 bits per heavy atom. The lowest BCUT2D eigenvalue weighted by atomic mass is 10.0. The number of likely N-dealkylation sites (N-methyl/N-ethyl adjacent to an activating group) is 1. The van der Waals surface area contributed by atoms with Crippen molar-refractivity contribution in [3.63, 3.8) is 0 Å². The van der Waals surface area contributed by atoms with E-state index in [4.69, 9.17) is 0 Å². The molecule has 0 bridgehead atoms. The maximum Gasteiger partial charge on any atom is 0.264 e. The van der Waals surface area contributed by atoms with Crippen LogP contribution in [0.4, 0.5) is 10.1 Å². The van der Waals surface area contributed by atoms with E-state index >= 15 is 0 Å². The third kappa shape index (κ3) is 7.67. The topological polar surface area (TPSA) is 86.8 Å². The molecule has 0 saturated heterocycles. The smallest absolute Gasteiger partial charge is 0.264 e. The Morgan fingerprint density at radius 3 is 2.12 bits per heavy atom. The summed E-state index contributed by atoms with van der Waals surface area (Å²) in [5.41, 5.74) is 2.95. The van der Waals surface area contributed by atoms with E-state index < -0.39 is 40.2 Å². The number of nitrogens with one attached hydrogen (secondary N) is 1. The Bertz CT molecular complexity index is 1660. The van der Waals surface area contributed by atoms with Gasteiger partial charge in [0.15, 0.2) is 0 Å². The Hall–Kier alpha value is -4.50. The van der Waals surface area contributed by atoms with E-state index in [2.05, 4.69) is 5.32 Å². The third-order valence-electron chi connectivity index (χ3n) is 7.15. The molecule has 0 saturated carbocycles. The number of halogens is 1. The Morgan fingerprint density at radius 2 is 1.49 bits per heavy atom. The molecule has 0 aromatic heterocycles. The van der Waals surface area contributed by atoms with E-state index in [9.17, 15) is 22.4 Å². The Labute approximate surface area is 253 Å². The molecule has 1 N–H and O–H groups in total. The lowest BCUT2D eigenvalue weighted by Gasteiger charge is -2.34. The van der Waals surface area contributed by atoms with Crippen molar-refractivity contribution in [3.8, 4) is 0 Å². The van der Waals surface area contributed by atoms with Gasteiger partial charge in [-0.1, -0.05) is 84.4 Å². The summed E-state index contributed by atoms with van der Waals surface area (Å²) in [6.45, 7) is 4.95. The third-order valence-corrected chi connectivity index (χ3v) is 8.93. The minimum absolute atomic E-state index is 0.0213. The van der Waals surface area contributed by atoms with Crippen LogP contribution < -0.4 is 9.62 Å². The molecule has 0 aliphatic carbocycles. The number of aryl methyl sites for hydroxylation is 2. The number of benzene rings is 4. The molecule has 0 aliphatic rings. The molecule has 9 heteroatoms. The van der Waals surface area contributed by atoms with Gasteiger partial charge in [0, 0.05) is 25.1 Å². The summed E-state index contributed by atoms with van der Waals surface area (Å²) in [7, 11) is -4.20. The summed E-state index contributed by atoms with van der Waals surface area (Å²) in [6, 6.07) is 27.4. The zero-order valence-electron chi connectivity index (χ0n) is 24.5. The van der Waals surface area contributed by atoms with Crippen molar-refractivity contribution in [3.05, 3.63) is 131 Å². The van der Waals surface area contributed by atoms with Crippen LogP contribution in [0.25, 0.3) is 0 Å². The van der Waals surface area contributed by atoms with Crippen LogP contribution in [-0.2, 0) is 32.6 Å². The normalized spacial score (nSPS) is 11.9. The van der Waals surface area contributed by atoms with E-state index in [1.54, 1.807) is 62.4 Å². The molecule has 224 valence electrons. The van der Waals surface area contributed by atoms with E-state index in [0.29, 0.717) is 17.8 Å². The average Bonchev–Trinajstić information content (AvgIpc) is 3.00. The highest BCUT2D eigenvalue weighted by atomic mass is 32.2. The van der Waals surface area contributed by atoms with Gasteiger partial charge in [-0.25, -0.2) is 12.8 Å². The molecule has 1 atom stereocenters. The van der Waals surface area contributed by atoms with Gasteiger partial charge >= 0.3 is 0 Å². The molecular weight excluding hydrogens is 565 g/mol. The second-order valence-corrected chi connectivity index (χ2v) is 12.2. The quantitative estimate of drug-likeness (QED) is 0.235. The number of rotatable bonds is 12. The lowest BCUT2D eigenvalue weighted by molar-refractivity contribution is -0.140. The van der Waals surface area contributed by atoms with Crippen LogP contribution >= 0.6 is 0 Å². The molecule has 4 aromatic carbocycles. The number of nitrogens with zero attached hydrogens (tertiary/aromatic N) is 2. The summed E-state index contributed by atoms with van der Waals surface area (Å²) in [4.78, 5) is 29.2. The molecule has 7 nitrogen and oxygen atoms in total. The Balaban J connectivity index is 1.82. The summed E-state index contributed by atoms with van der Waals surface area (Å²) in [6.07, 6.45) is 0.155. The number of amides is 2. The predicted molar refractivity (Wildman–Crippen MR) is 166 cm³/mol. The van der Waals surface area contributed by atoms with Crippen LogP contribution in [0.1, 0.15) is 29.2 Å². The SMILES string of the molecule is CCNC(=O)[C@H](Cc1ccccc1)N(Cc1ccccc1F)C(=O)CN(c1ccc(C)cc1C)S(=O)(=O)c1ccccc1. The van der Waals surface area contributed by atoms with Gasteiger partial charge in [-0.2, -0.15) is 0 Å². The van der Waals surface area contributed by atoms with Crippen molar-refractivity contribution < 1.29 is 22.4 Å². The van der Waals surface area contributed by atoms with Gasteiger partial charge in [-0.05, 0) is 56.2 Å². The molecule has 0 aliphatic heterocycles. The first kappa shape index (κ1) is 31.4. The van der Waals surface area contributed by atoms with Crippen LogP contribution in [0.3, 0.4) is 0 Å². The van der Waals surface area contributed by atoms with Gasteiger partial charge in [0.05, 0.1) is 10.6 Å². The van der Waals surface area contributed by atoms with Gasteiger partial charge in [0.25, 0.3) is 10.0 Å². The fourth-order valence-corrected chi connectivity index (χ4v) is 6.47. The molecule has 0 heterocycles. The van der Waals surface area contributed by atoms with Crippen molar-refractivity contribution in [1.82, 2.24) is 10.2 Å². The van der Waals surface area contributed by atoms with Crippen LogP contribution in [0.2, 0.25) is 0 Å². The molecule has 0 spiro atoms. The standard InChI is InChI=1S/C34H36FN3O4S/c1-4-36-34(40)32(22-27-13-7-5-8-14-27)37(23-28-15-11-12-18-30(28)35)33(39)24-38(31-20-19-25(2)21-26(31)3)43(41,42)29-16-9-6-10-17-29/h5-21,32H,4,22-24H2,1-3H3,(H,36,40)/t32-/m0/s1. The first-order valence-electron chi connectivity index (χ1n) is 14.1. The molecule has 4 aromatic rings. The van der Waals surface area contributed by atoms with Crippen molar-refractivity contribution in [2.45, 2.75) is 44.7 Å². The molecule has 0 radical (unpaired) electrons. The summed E-state index contributed by atoms with van der Waals surface area (Å²) in [5.74, 6) is -1.59. The number of hydrogen-bond acceptors (Lipinski definition) is 4. The van der Waals surface area contributed by atoms with Crippen molar-refractivity contribution in [2.24, 2.45) is 0 Å². The second kappa shape index (κ2) is 14.1. The Kier molecular flexibility index (Phi) is 10.3. The molecule has 43 heavy (non-hydrogen) atoms. The first-order valence-corrected chi connectivity index (χ1v) is 15.6.